The summed E-state index contributed by atoms with van der Waals surface area (Å²) in [4.78, 5) is 21.8. The Morgan fingerprint density at radius 3 is 2.56 bits per heavy atom. The van der Waals surface area contributed by atoms with Gasteiger partial charge < -0.3 is 14.2 Å². The zero-order chi connectivity index (χ0) is 25.1. The van der Waals surface area contributed by atoms with Crippen LogP contribution in [0, 0.1) is 5.41 Å². The highest BCUT2D eigenvalue weighted by molar-refractivity contribution is 7.92. The second-order valence-electron chi connectivity index (χ2n) is 10.7. The number of methoxy groups -OCH3 is 1. The van der Waals surface area contributed by atoms with Gasteiger partial charge >= 0.3 is 6.09 Å². The van der Waals surface area contributed by atoms with Gasteiger partial charge in [-0.05, 0) is 37.5 Å². The minimum atomic E-state index is -2.81. The van der Waals surface area contributed by atoms with Crippen molar-refractivity contribution in [2.24, 2.45) is 5.41 Å². The minimum Gasteiger partial charge on any atom is -0.452 e. The van der Waals surface area contributed by atoms with Gasteiger partial charge in [0, 0.05) is 49.6 Å². The molecule has 2 fully saturated rings. The average molecular weight is 509 g/mol. The fourth-order valence-electron chi connectivity index (χ4n) is 6.39. The summed E-state index contributed by atoms with van der Waals surface area (Å²) < 4.78 is 30.7. The van der Waals surface area contributed by atoms with Crippen LogP contribution in [0.1, 0.15) is 30.3 Å². The fraction of sp³-hybridized carbons (Fsp3) is 0.481. The Morgan fingerprint density at radius 1 is 1.11 bits per heavy atom. The number of carbonyl (C=O) groups is 1. The molecule has 2 saturated heterocycles. The number of carbonyl (C=O) groups excluding carboxylic acids is 1. The lowest BCUT2D eigenvalue weighted by Crippen LogP contribution is -2.68. The van der Waals surface area contributed by atoms with Gasteiger partial charge in [-0.25, -0.2) is 18.2 Å². The van der Waals surface area contributed by atoms with Gasteiger partial charge in [-0.1, -0.05) is 30.3 Å². The molecule has 1 spiro atoms. The predicted molar refractivity (Wildman–Crippen MR) is 139 cm³/mol. The molecule has 8 nitrogen and oxygen atoms in total. The van der Waals surface area contributed by atoms with E-state index in [1.165, 1.54) is 12.7 Å². The molecular weight excluding hydrogens is 476 g/mol. The van der Waals surface area contributed by atoms with E-state index in [2.05, 4.69) is 34.6 Å². The smallest absolute Gasteiger partial charge is 0.414 e. The van der Waals surface area contributed by atoms with Crippen LogP contribution in [-0.4, -0.2) is 73.3 Å². The van der Waals surface area contributed by atoms with Gasteiger partial charge in [-0.3, -0.25) is 4.90 Å². The van der Waals surface area contributed by atoms with Crippen molar-refractivity contribution in [1.82, 2.24) is 14.5 Å². The van der Waals surface area contributed by atoms with Crippen LogP contribution in [-0.2, 0) is 34.0 Å². The summed E-state index contributed by atoms with van der Waals surface area (Å²) >= 11 is 0. The molecule has 0 N–H and O–H groups in total. The van der Waals surface area contributed by atoms with E-state index < -0.39 is 9.84 Å². The van der Waals surface area contributed by atoms with E-state index >= 15 is 0 Å². The molecule has 3 aliphatic heterocycles. The Hall–Kier alpha value is -2.91. The number of hydrogen-bond acceptors (Lipinski definition) is 6. The predicted octanol–water partition coefficient (Wildman–Crippen LogP) is 3.27. The summed E-state index contributed by atoms with van der Waals surface area (Å²) in [5.74, 6) is 1.69. The molecule has 0 saturated carbocycles. The summed E-state index contributed by atoms with van der Waals surface area (Å²) in [5.41, 5.74) is 5.24. The molecule has 0 radical (unpaired) electrons. The van der Waals surface area contributed by atoms with Crippen LogP contribution in [0.15, 0.2) is 42.5 Å². The molecular formula is C27H32N4O4S. The van der Waals surface area contributed by atoms with E-state index in [0.29, 0.717) is 11.5 Å². The normalized spacial score (nSPS) is 22.2. The molecule has 0 bridgehead atoms. The highest BCUT2D eigenvalue weighted by Gasteiger charge is 2.55. The third kappa shape index (κ3) is 3.98. The van der Waals surface area contributed by atoms with Crippen molar-refractivity contribution in [3.63, 3.8) is 0 Å². The molecule has 1 amide bonds. The standard InChI is InChI=1S/C27H32N4O4S/c1-19-8-9-21-22(31(19)26(32)35-2)10-11-23-25(21)28-24(14-20-6-4-3-5-7-20)30(23)13-12-29-15-27(16-29)17-36(33,34)18-27/h3-7,10-11,19H,8-9,12-18H2,1-2H3/t19-/m0/s1. The second-order valence-corrected chi connectivity index (χ2v) is 12.8. The van der Waals surface area contributed by atoms with E-state index in [9.17, 15) is 13.2 Å². The number of sulfone groups is 1. The van der Waals surface area contributed by atoms with Gasteiger partial charge in [-0.15, -0.1) is 0 Å². The van der Waals surface area contributed by atoms with Crippen molar-refractivity contribution in [3.8, 4) is 0 Å². The topological polar surface area (TPSA) is 84.7 Å². The Labute approximate surface area is 211 Å². The molecule has 4 heterocycles. The maximum Gasteiger partial charge on any atom is 0.414 e. The van der Waals surface area contributed by atoms with Gasteiger partial charge in [0.25, 0.3) is 0 Å². The zero-order valence-corrected chi connectivity index (χ0v) is 21.6. The van der Waals surface area contributed by atoms with Crippen LogP contribution in [0.4, 0.5) is 10.5 Å². The van der Waals surface area contributed by atoms with E-state index in [1.807, 2.05) is 24.3 Å². The maximum atomic E-state index is 12.6. The quantitative estimate of drug-likeness (QED) is 0.526. The Morgan fingerprint density at radius 2 is 1.86 bits per heavy atom. The first-order valence-corrected chi connectivity index (χ1v) is 14.4. The summed E-state index contributed by atoms with van der Waals surface area (Å²) in [6.07, 6.45) is 2.12. The summed E-state index contributed by atoms with van der Waals surface area (Å²) in [5, 5.41) is 0. The molecule has 9 heteroatoms. The number of aromatic nitrogens is 2. The molecule has 2 aromatic carbocycles. The van der Waals surface area contributed by atoms with Crippen LogP contribution in [0.3, 0.4) is 0 Å². The molecule has 3 aromatic rings. The minimum absolute atomic E-state index is 0.00415. The first kappa shape index (κ1) is 23.5. The van der Waals surface area contributed by atoms with Crippen molar-refractivity contribution in [3.05, 3.63) is 59.4 Å². The highest BCUT2D eigenvalue weighted by atomic mass is 32.2. The van der Waals surface area contributed by atoms with Crippen LogP contribution >= 0.6 is 0 Å². The van der Waals surface area contributed by atoms with Crippen LogP contribution < -0.4 is 4.90 Å². The summed E-state index contributed by atoms with van der Waals surface area (Å²) in [6.45, 7) is 5.41. The monoisotopic (exact) mass is 508 g/mol. The number of likely N-dealkylation sites (tertiary alicyclic amines) is 1. The molecule has 3 aliphatic rings. The van der Waals surface area contributed by atoms with Gasteiger partial charge in [0.05, 0.1) is 35.3 Å². The van der Waals surface area contributed by atoms with E-state index in [1.54, 1.807) is 4.90 Å². The Balaban J connectivity index is 1.32. The molecule has 0 aliphatic carbocycles. The number of hydrogen-bond donors (Lipinski definition) is 0. The highest BCUT2D eigenvalue weighted by Crippen LogP contribution is 2.41. The van der Waals surface area contributed by atoms with E-state index in [0.717, 1.165) is 73.6 Å². The third-order valence-electron chi connectivity index (χ3n) is 7.98. The molecule has 36 heavy (non-hydrogen) atoms. The summed E-state index contributed by atoms with van der Waals surface area (Å²) in [6, 6.07) is 14.5. The first-order valence-electron chi connectivity index (χ1n) is 12.6. The SMILES string of the molecule is COC(=O)N1c2ccc3c(nc(Cc4ccccc4)n3CCN3CC4(C3)CS(=O)(=O)C4)c2CC[C@@H]1C. The first-order chi connectivity index (χ1) is 17.3. The maximum absolute atomic E-state index is 12.6. The number of rotatable bonds is 5. The van der Waals surface area contributed by atoms with Crippen molar-refractivity contribution in [2.45, 2.75) is 38.8 Å². The van der Waals surface area contributed by atoms with Gasteiger partial charge in [0.1, 0.15) is 5.82 Å². The molecule has 190 valence electrons. The van der Waals surface area contributed by atoms with E-state index in [4.69, 9.17) is 9.72 Å². The number of aryl methyl sites for hydroxylation is 1. The number of nitrogens with zero attached hydrogens (tertiary/aromatic N) is 4. The molecule has 0 unspecified atom stereocenters. The summed E-state index contributed by atoms with van der Waals surface area (Å²) in [7, 11) is -1.38. The number of imidazole rings is 1. The van der Waals surface area contributed by atoms with Crippen LogP contribution in [0.25, 0.3) is 11.0 Å². The lowest BCUT2D eigenvalue weighted by molar-refractivity contribution is 0.0224. The zero-order valence-electron chi connectivity index (χ0n) is 20.8. The molecule has 1 aromatic heterocycles. The van der Waals surface area contributed by atoms with Gasteiger partial charge in [-0.2, -0.15) is 0 Å². The number of benzene rings is 2. The van der Waals surface area contributed by atoms with Gasteiger partial charge in [0.2, 0.25) is 0 Å². The molecule has 6 rings (SSSR count). The van der Waals surface area contributed by atoms with Crippen molar-refractivity contribution < 1.29 is 17.9 Å². The number of anilines is 1. The van der Waals surface area contributed by atoms with Crippen molar-refractivity contribution >= 4 is 32.7 Å². The Bertz CT molecular complexity index is 1410. The van der Waals surface area contributed by atoms with Crippen molar-refractivity contribution in [1.29, 1.82) is 0 Å². The number of fused-ring (bicyclic) bond motifs is 3. The Kier molecular flexibility index (Phi) is 5.60. The average Bonchev–Trinajstić information content (AvgIpc) is 3.17. The number of ether oxygens (including phenoxy) is 1. The largest absolute Gasteiger partial charge is 0.452 e. The van der Waals surface area contributed by atoms with Crippen LogP contribution in [0.5, 0.6) is 0 Å². The fourth-order valence-corrected chi connectivity index (χ4v) is 8.54. The lowest BCUT2D eigenvalue weighted by Gasteiger charge is -2.55. The number of amides is 1. The second kappa shape index (κ2) is 8.59. The third-order valence-corrected chi connectivity index (χ3v) is 10.1. The van der Waals surface area contributed by atoms with E-state index in [-0.39, 0.29) is 17.6 Å². The molecule has 1 atom stereocenters. The van der Waals surface area contributed by atoms with Crippen molar-refractivity contribution in [2.75, 3.05) is 43.1 Å². The lowest BCUT2D eigenvalue weighted by atomic mass is 9.83. The van der Waals surface area contributed by atoms with Gasteiger partial charge in [0.15, 0.2) is 9.84 Å². The van der Waals surface area contributed by atoms with Crippen LogP contribution in [0.2, 0.25) is 0 Å².